The lowest BCUT2D eigenvalue weighted by atomic mass is 10.1. The van der Waals surface area contributed by atoms with Crippen molar-refractivity contribution in [3.8, 4) is 11.1 Å². The van der Waals surface area contributed by atoms with Gasteiger partial charge in [0.25, 0.3) is 5.56 Å². The quantitative estimate of drug-likeness (QED) is 0.382. The molecule has 0 aliphatic carbocycles. The smallest absolute Gasteiger partial charge is 0.263 e. The fourth-order valence-electron chi connectivity index (χ4n) is 3.68. The van der Waals surface area contributed by atoms with Crippen molar-refractivity contribution in [2.75, 3.05) is 20.1 Å². The lowest BCUT2D eigenvalue weighted by molar-refractivity contribution is -0.121. The number of hydrogen-bond acceptors (Lipinski definition) is 5. The van der Waals surface area contributed by atoms with E-state index in [1.165, 1.54) is 39.9 Å². The van der Waals surface area contributed by atoms with Crippen LogP contribution in [0.5, 0.6) is 0 Å². The Balaban J connectivity index is 1.34. The number of nitrogens with one attached hydrogen (secondary N) is 1. The minimum atomic E-state index is -0.336. The van der Waals surface area contributed by atoms with Gasteiger partial charge in [-0.3, -0.25) is 14.2 Å². The Morgan fingerprint density at radius 1 is 1.15 bits per heavy atom. The molecule has 33 heavy (non-hydrogen) atoms. The monoisotopic (exact) mass is 464 g/mol. The third-order valence-corrected chi connectivity index (χ3v) is 6.25. The minimum Gasteiger partial charge on any atom is -0.354 e. The van der Waals surface area contributed by atoms with E-state index in [4.69, 9.17) is 0 Å². The van der Waals surface area contributed by atoms with Crippen LogP contribution in [0.2, 0.25) is 0 Å². The van der Waals surface area contributed by atoms with Crippen molar-refractivity contribution < 1.29 is 9.18 Å². The van der Waals surface area contributed by atoms with E-state index < -0.39 is 0 Å². The summed E-state index contributed by atoms with van der Waals surface area (Å²) in [6.45, 7) is 2.13. The maximum atomic E-state index is 13.3. The van der Waals surface area contributed by atoms with Gasteiger partial charge in [-0.2, -0.15) is 0 Å². The van der Waals surface area contributed by atoms with E-state index in [2.05, 4.69) is 34.4 Å². The molecule has 4 rings (SSSR count). The predicted molar refractivity (Wildman–Crippen MR) is 130 cm³/mol. The summed E-state index contributed by atoms with van der Waals surface area (Å²) in [5, 5.41) is 5.16. The largest absolute Gasteiger partial charge is 0.354 e. The molecule has 4 aromatic rings. The Morgan fingerprint density at radius 3 is 2.67 bits per heavy atom. The van der Waals surface area contributed by atoms with Crippen LogP contribution in [0.25, 0.3) is 21.3 Å². The van der Waals surface area contributed by atoms with Gasteiger partial charge in [-0.15, -0.1) is 11.3 Å². The van der Waals surface area contributed by atoms with Crippen LogP contribution in [0.1, 0.15) is 12.0 Å². The average Bonchev–Trinajstić information content (AvgIpc) is 3.25. The number of benzene rings is 2. The summed E-state index contributed by atoms with van der Waals surface area (Å²) in [7, 11) is 2.05. The first kappa shape index (κ1) is 22.8. The van der Waals surface area contributed by atoms with Crippen molar-refractivity contribution in [3.63, 3.8) is 0 Å². The number of hydrogen-bond donors (Lipinski definition) is 1. The van der Waals surface area contributed by atoms with Crippen LogP contribution in [0.15, 0.2) is 71.1 Å². The van der Waals surface area contributed by atoms with Gasteiger partial charge < -0.3 is 10.2 Å². The van der Waals surface area contributed by atoms with Crippen LogP contribution < -0.4 is 10.9 Å². The zero-order valence-corrected chi connectivity index (χ0v) is 19.1. The Hall–Kier alpha value is -3.36. The second-order valence-corrected chi connectivity index (χ2v) is 8.80. The van der Waals surface area contributed by atoms with Crippen molar-refractivity contribution in [2.45, 2.75) is 19.5 Å². The molecule has 0 saturated heterocycles. The maximum absolute atomic E-state index is 13.3. The van der Waals surface area contributed by atoms with E-state index in [0.29, 0.717) is 22.3 Å². The molecule has 0 fully saturated rings. The molecule has 2 aromatic carbocycles. The standard InChI is InChI=1S/C25H25FN4O2S/c1-29(14-18-6-3-2-4-7-18)13-5-12-27-22(31)15-30-17-28-24-23(25(30)32)21(16-33-24)19-8-10-20(26)11-9-19/h2-4,6-11,16-17H,5,12-15H2,1H3,(H,27,31). The van der Waals surface area contributed by atoms with Gasteiger partial charge in [-0.25, -0.2) is 9.37 Å². The minimum absolute atomic E-state index is 0.0969. The zero-order chi connectivity index (χ0) is 23.2. The molecule has 0 bridgehead atoms. The van der Waals surface area contributed by atoms with Gasteiger partial charge in [-0.1, -0.05) is 42.5 Å². The van der Waals surface area contributed by atoms with Gasteiger partial charge in [0.1, 0.15) is 17.2 Å². The van der Waals surface area contributed by atoms with Gasteiger partial charge >= 0.3 is 0 Å². The summed E-state index contributed by atoms with van der Waals surface area (Å²) < 4.78 is 14.6. The highest BCUT2D eigenvalue weighted by molar-refractivity contribution is 7.17. The molecule has 1 N–H and O–H groups in total. The maximum Gasteiger partial charge on any atom is 0.263 e. The first-order valence-corrected chi connectivity index (χ1v) is 11.6. The number of amides is 1. The van der Waals surface area contributed by atoms with E-state index >= 15 is 0 Å². The summed E-state index contributed by atoms with van der Waals surface area (Å²) in [5.41, 5.74) is 2.41. The molecule has 6 nitrogen and oxygen atoms in total. The third kappa shape index (κ3) is 5.71. The molecule has 170 valence electrons. The van der Waals surface area contributed by atoms with E-state index in [-0.39, 0.29) is 23.8 Å². The van der Waals surface area contributed by atoms with Gasteiger partial charge in [0.05, 0.1) is 11.7 Å². The highest BCUT2D eigenvalue weighted by Crippen LogP contribution is 2.30. The molecule has 8 heteroatoms. The topological polar surface area (TPSA) is 67.2 Å². The SMILES string of the molecule is CN(CCCNC(=O)Cn1cnc2scc(-c3ccc(F)cc3)c2c1=O)Cc1ccccc1. The Labute approximate surface area is 195 Å². The molecule has 0 spiro atoms. The Kier molecular flexibility index (Phi) is 7.26. The zero-order valence-electron chi connectivity index (χ0n) is 18.3. The first-order valence-electron chi connectivity index (χ1n) is 10.7. The van der Waals surface area contributed by atoms with Gasteiger partial charge in [0.2, 0.25) is 5.91 Å². The lowest BCUT2D eigenvalue weighted by Crippen LogP contribution is -2.34. The number of thiophene rings is 1. The van der Waals surface area contributed by atoms with Crippen molar-refractivity contribution in [1.29, 1.82) is 0 Å². The first-order chi connectivity index (χ1) is 16.0. The van der Waals surface area contributed by atoms with Crippen molar-refractivity contribution in [3.05, 3.63) is 88.0 Å². The summed E-state index contributed by atoms with van der Waals surface area (Å²) in [5.74, 6) is -0.570. The van der Waals surface area contributed by atoms with E-state index in [1.54, 1.807) is 12.1 Å². The second-order valence-electron chi connectivity index (χ2n) is 7.94. The number of carbonyl (C=O) groups excluding carboxylic acids is 1. The summed E-state index contributed by atoms with van der Waals surface area (Å²) in [6.07, 6.45) is 2.21. The van der Waals surface area contributed by atoms with Gasteiger partial charge in [-0.05, 0) is 43.3 Å². The van der Waals surface area contributed by atoms with Crippen molar-refractivity contribution in [1.82, 2.24) is 19.8 Å². The number of aromatic nitrogens is 2. The van der Waals surface area contributed by atoms with Crippen LogP contribution in [0, 0.1) is 5.82 Å². The predicted octanol–water partition coefficient (Wildman–Crippen LogP) is 3.90. The van der Waals surface area contributed by atoms with E-state index in [9.17, 15) is 14.0 Å². The molecular formula is C25H25FN4O2S. The number of fused-ring (bicyclic) bond motifs is 1. The van der Waals surface area contributed by atoms with Crippen LogP contribution in [-0.4, -0.2) is 40.5 Å². The molecular weight excluding hydrogens is 439 g/mol. The molecule has 0 saturated carbocycles. The molecule has 0 unspecified atom stereocenters. The summed E-state index contributed by atoms with van der Waals surface area (Å²) in [6, 6.07) is 16.2. The fraction of sp³-hybridized carbons (Fsp3) is 0.240. The lowest BCUT2D eigenvalue weighted by Gasteiger charge is -2.16. The molecule has 0 aliphatic heterocycles. The summed E-state index contributed by atoms with van der Waals surface area (Å²) >= 11 is 1.35. The number of nitrogens with zero attached hydrogens (tertiary/aromatic N) is 3. The summed E-state index contributed by atoms with van der Waals surface area (Å²) in [4.78, 5) is 32.6. The van der Waals surface area contributed by atoms with Crippen LogP contribution in [-0.2, 0) is 17.9 Å². The number of halogens is 1. The van der Waals surface area contributed by atoms with E-state index in [1.807, 2.05) is 23.6 Å². The van der Waals surface area contributed by atoms with E-state index in [0.717, 1.165) is 25.1 Å². The molecule has 0 radical (unpaired) electrons. The number of rotatable bonds is 9. The highest BCUT2D eigenvalue weighted by Gasteiger charge is 2.15. The highest BCUT2D eigenvalue weighted by atomic mass is 32.1. The average molecular weight is 465 g/mol. The van der Waals surface area contributed by atoms with Gasteiger partial charge in [0, 0.05) is 24.0 Å². The molecule has 1 amide bonds. The fourth-order valence-corrected chi connectivity index (χ4v) is 4.59. The Morgan fingerprint density at radius 2 is 1.91 bits per heavy atom. The van der Waals surface area contributed by atoms with Crippen molar-refractivity contribution >= 4 is 27.5 Å². The molecule has 0 atom stereocenters. The molecule has 2 aromatic heterocycles. The van der Waals surface area contributed by atoms with Crippen LogP contribution >= 0.6 is 11.3 Å². The third-order valence-electron chi connectivity index (χ3n) is 5.36. The van der Waals surface area contributed by atoms with Crippen LogP contribution in [0.4, 0.5) is 4.39 Å². The van der Waals surface area contributed by atoms with Crippen molar-refractivity contribution in [2.24, 2.45) is 0 Å². The normalized spacial score (nSPS) is 11.2. The number of carbonyl (C=O) groups is 1. The van der Waals surface area contributed by atoms with Crippen LogP contribution in [0.3, 0.4) is 0 Å². The molecule has 0 aliphatic rings. The second kappa shape index (κ2) is 10.5. The molecule has 2 heterocycles. The van der Waals surface area contributed by atoms with Gasteiger partial charge in [0.15, 0.2) is 0 Å². The Bertz CT molecular complexity index is 1290.